The number of ether oxygens (including phenoxy) is 1. The van der Waals surface area contributed by atoms with E-state index in [1.165, 1.54) is 5.69 Å². The van der Waals surface area contributed by atoms with E-state index < -0.39 is 0 Å². The van der Waals surface area contributed by atoms with Crippen molar-refractivity contribution in [3.05, 3.63) is 36.5 Å². The topological polar surface area (TPSA) is 48.0 Å². The zero-order chi connectivity index (χ0) is 19.2. The van der Waals surface area contributed by atoms with Crippen molar-refractivity contribution in [1.29, 1.82) is 0 Å². The van der Waals surface area contributed by atoms with Crippen LogP contribution in [0.25, 0.3) is 0 Å². The highest BCUT2D eigenvalue weighted by molar-refractivity contribution is 5.59. The smallest absolute Gasteiger partial charge is 0.226 e. The minimum Gasteiger partial charge on any atom is -0.490 e. The van der Waals surface area contributed by atoms with Gasteiger partial charge >= 0.3 is 0 Å². The molecule has 1 aliphatic rings. The molecule has 0 unspecified atom stereocenters. The van der Waals surface area contributed by atoms with Crippen molar-refractivity contribution < 1.29 is 4.74 Å². The van der Waals surface area contributed by atoms with Crippen molar-refractivity contribution in [2.24, 2.45) is 0 Å². The average Bonchev–Trinajstić information content (AvgIpc) is 2.68. The number of hydrogen-bond donors (Lipinski definition) is 0. The summed E-state index contributed by atoms with van der Waals surface area (Å²) >= 11 is 0. The van der Waals surface area contributed by atoms with E-state index in [1.54, 1.807) is 0 Å². The highest BCUT2D eigenvalue weighted by Crippen LogP contribution is 2.29. The minimum atomic E-state index is 0.693. The van der Waals surface area contributed by atoms with Crippen LogP contribution in [0.2, 0.25) is 0 Å². The molecule has 3 rings (SSSR count). The molecule has 1 aromatic heterocycles. The SMILES string of the molecule is CN(C)CCOc1ccccc1N1CCN(c2ccnc(N(C)C)n2)CC1. The number of benzene rings is 1. The maximum atomic E-state index is 6.03. The van der Waals surface area contributed by atoms with Gasteiger partial charge in [-0.3, -0.25) is 0 Å². The molecule has 2 aromatic rings. The number of likely N-dealkylation sites (N-methyl/N-ethyl adjacent to an activating group) is 1. The summed E-state index contributed by atoms with van der Waals surface area (Å²) in [5.74, 6) is 2.70. The first kappa shape index (κ1) is 19.2. The van der Waals surface area contributed by atoms with E-state index in [-0.39, 0.29) is 0 Å². The molecule has 7 heteroatoms. The Morgan fingerprint density at radius 3 is 2.37 bits per heavy atom. The third kappa shape index (κ3) is 5.01. The Morgan fingerprint density at radius 1 is 0.963 bits per heavy atom. The molecule has 1 saturated heterocycles. The maximum Gasteiger partial charge on any atom is 0.226 e. The van der Waals surface area contributed by atoms with Crippen molar-refractivity contribution in [3.8, 4) is 5.75 Å². The molecule has 1 fully saturated rings. The third-order valence-electron chi connectivity index (χ3n) is 4.63. The first-order valence-electron chi connectivity index (χ1n) is 9.41. The molecule has 0 amide bonds. The van der Waals surface area contributed by atoms with Crippen molar-refractivity contribution in [2.75, 3.05) is 82.2 Å². The Bertz CT molecular complexity index is 728. The number of piperazine rings is 1. The third-order valence-corrected chi connectivity index (χ3v) is 4.63. The first-order valence-corrected chi connectivity index (χ1v) is 9.41. The molecular weight excluding hydrogens is 340 g/mol. The van der Waals surface area contributed by atoms with Gasteiger partial charge in [-0.05, 0) is 32.3 Å². The average molecular weight is 371 g/mol. The van der Waals surface area contributed by atoms with Gasteiger partial charge < -0.3 is 24.3 Å². The molecule has 0 radical (unpaired) electrons. The van der Waals surface area contributed by atoms with Crippen molar-refractivity contribution in [2.45, 2.75) is 0 Å². The summed E-state index contributed by atoms with van der Waals surface area (Å²) in [5.41, 5.74) is 1.17. The van der Waals surface area contributed by atoms with Crippen LogP contribution >= 0.6 is 0 Å². The van der Waals surface area contributed by atoms with Crippen LogP contribution in [-0.2, 0) is 0 Å². The van der Waals surface area contributed by atoms with E-state index >= 15 is 0 Å². The fraction of sp³-hybridized carbons (Fsp3) is 0.500. The van der Waals surface area contributed by atoms with Crippen LogP contribution in [0.15, 0.2) is 36.5 Å². The lowest BCUT2D eigenvalue weighted by Crippen LogP contribution is -2.47. The fourth-order valence-corrected chi connectivity index (χ4v) is 3.09. The highest BCUT2D eigenvalue weighted by atomic mass is 16.5. The van der Waals surface area contributed by atoms with Gasteiger partial charge in [0.1, 0.15) is 18.2 Å². The van der Waals surface area contributed by atoms with Gasteiger partial charge in [0.05, 0.1) is 5.69 Å². The zero-order valence-corrected chi connectivity index (χ0v) is 16.8. The second-order valence-electron chi connectivity index (χ2n) is 7.20. The van der Waals surface area contributed by atoms with Crippen molar-refractivity contribution in [3.63, 3.8) is 0 Å². The molecule has 0 atom stereocenters. The largest absolute Gasteiger partial charge is 0.490 e. The summed E-state index contributed by atoms with van der Waals surface area (Å²) in [6.45, 7) is 5.33. The Hall–Kier alpha value is -2.54. The molecule has 1 aromatic carbocycles. The number of anilines is 3. The van der Waals surface area contributed by atoms with Crippen LogP contribution in [0.1, 0.15) is 0 Å². The lowest BCUT2D eigenvalue weighted by atomic mass is 10.2. The van der Waals surface area contributed by atoms with Gasteiger partial charge in [0.15, 0.2) is 0 Å². The molecule has 2 heterocycles. The van der Waals surface area contributed by atoms with Gasteiger partial charge in [0.25, 0.3) is 0 Å². The molecule has 27 heavy (non-hydrogen) atoms. The number of aromatic nitrogens is 2. The Labute approximate surface area is 162 Å². The maximum absolute atomic E-state index is 6.03. The second kappa shape index (κ2) is 8.90. The predicted octanol–water partition coefficient (Wildman–Crippen LogP) is 1.81. The van der Waals surface area contributed by atoms with Crippen LogP contribution in [0.4, 0.5) is 17.5 Å². The molecule has 0 spiro atoms. The lowest BCUT2D eigenvalue weighted by Gasteiger charge is -2.37. The molecule has 0 aliphatic carbocycles. The molecule has 146 valence electrons. The van der Waals surface area contributed by atoms with Crippen LogP contribution in [0.3, 0.4) is 0 Å². The Balaban J connectivity index is 1.63. The van der Waals surface area contributed by atoms with Gasteiger partial charge in [0, 0.05) is 53.0 Å². The van der Waals surface area contributed by atoms with Crippen LogP contribution in [-0.4, -0.2) is 82.4 Å². The number of para-hydroxylation sites is 2. The highest BCUT2D eigenvalue weighted by Gasteiger charge is 2.21. The summed E-state index contributed by atoms with van der Waals surface area (Å²) in [6, 6.07) is 10.3. The van der Waals surface area contributed by atoms with E-state index in [0.29, 0.717) is 6.61 Å². The number of nitrogens with zero attached hydrogens (tertiary/aromatic N) is 6. The van der Waals surface area contributed by atoms with Crippen LogP contribution in [0, 0.1) is 0 Å². The van der Waals surface area contributed by atoms with Crippen LogP contribution in [0.5, 0.6) is 5.75 Å². The molecular formula is C20H30N6O. The Kier molecular flexibility index (Phi) is 6.34. The summed E-state index contributed by atoms with van der Waals surface area (Å²) in [7, 11) is 8.04. The standard InChI is InChI=1S/C20H30N6O/c1-23(2)15-16-27-18-8-6-5-7-17(18)25-11-13-26(14-12-25)19-9-10-21-20(22-19)24(3)4/h5-10H,11-16H2,1-4H3. The first-order chi connectivity index (χ1) is 13.0. The number of hydrogen-bond acceptors (Lipinski definition) is 7. The summed E-state index contributed by atoms with van der Waals surface area (Å²) < 4.78 is 6.03. The summed E-state index contributed by atoms with van der Waals surface area (Å²) in [6.07, 6.45) is 1.83. The van der Waals surface area contributed by atoms with Gasteiger partial charge in [0.2, 0.25) is 5.95 Å². The van der Waals surface area contributed by atoms with Gasteiger partial charge in [-0.15, -0.1) is 0 Å². The molecule has 0 saturated carbocycles. The normalized spacial score (nSPS) is 14.6. The second-order valence-corrected chi connectivity index (χ2v) is 7.20. The van der Waals surface area contributed by atoms with E-state index in [2.05, 4.69) is 57.0 Å². The summed E-state index contributed by atoms with van der Waals surface area (Å²) in [5, 5.41) is 0. The van der Waals surface area contributed by atoms with Gasteiger partial charge in [-0.2, -0.15) is 4.98 Å². The molecule has 0 bridgehead atoms. The van der Waals surface area contributed by atoms with Gasteiger partial charge in [-0.25, -0.2) is 4.98 Å². The van der Waals surface area contributed by atoms with Gasteiger partial charge in [-0.1, -0.05) is 12.1 Å². The summed E-state index contributed by atoms with van der Waals surface area (Å²) in [4.78, 5) is 17.7. The number of rotatable bonds is 7. The zero-order valence-electron chi connectivity index (χ0n) is 16.8. The van der Waals surface area contributed by atoms with E-state index in [0.717, 1.165) is 50.2 Å². The van der Waals surface area contributed by atoms with Crippen molar-refractivity contribution in [1.82, 2.24) is 14.9 Å². The molecule has 1 aliphatic heterocycles. The fourth-order valence-electron chi connectivity index (χ4n) is 3.09. The Morgan fingerprint density at radius 2 is 1.67 bits per heavy atom. The van der Waals surface area contributed by atoms with E-state index in [9.17, 15) is 0 Å². The van der Waals surface area contributed by atoms with E-state index in [4.69, 9.17) is 4.74 Å². The quantitative estimate of drug-likeness (QED) is 0.737. The molecule has 7 nitrogen and oxygen atoms in total. The minimum absolute atomic E-state index is 0.693. The monoisotopic (exact) mass is 370 g/mol. The lowest BCUT2D eigenvalue weighted by molar-refractivity contribution is 0.261. The van der Waals surface area contributed by atoms with Crippen LogP contribution < -0.4 is 19.4 Å². The predicted molar refractivity (Wildman–Crippen MR) is 111 cm³/mol. The van der Waals surface area contributed by atoms with E-state index in [1.807, 2.05) is 37.3 Å². The molecule has 0 N–H and O–H groups in total. The van der Waals surface area contributed by atoms with Crippen molar-refractivity contribution >= 4 is 17.5 Å².